The maximum Gasteiger partial charge on any atom is 0.262 e. The maximum atomic E-state index is 12.8. The van der Waals surface area contributed by atoms with Gasteiger partial charge in [0, 0.05) is 24.3 Å². The number of hydrogen-bond donors (Lipinski definition) is 2. The number of benzene rings is 2. The number of rotatable bonds is 6. The van der Waals surface area contributed by atoms with Gasteiger partial charge in [0.25, 0.3) is 5.56 Å². The number of aromatic nitrogens is 2. The van der Waals surface area contributed by atoms with Crippen molar-refractivity contribution in [2.75, 3.05) is 16.4 Å². The average molecular weight is 410 g/mol. The highest BCUT2D eigenvalue weighted by Crippen LogP contribution is 2.21. The van der Waals surface area contributed by atoms with Gasteiger partial charge in [-0.2, -0.15) is 0 Å². The number of nitrogens with one attached hydrogen (secondary N) is 2. The van der Waals surface area contributed by atoms with E-state index >= 15 is 0 Å². The van der Waals surface area contributed by atoms with Gasteiger partial charge in [0.15, 0.2) is 5.16 Å². The number of para-hydroxylation sites is 1. The molecule has 29 heavy (non-hydrogen) atoms. The van der Waals surface area contributed by atoms with Crippen LogP contribution in [0.25, 0.3) is 10.9 Å². The maximum absolute atomic E-state index is 12.8. The Morgan fingerprint density at radius 3 is 2.28 bits per heavy atom. The third-order valence-corrected chi connectivity index (χ3v) is 5.07. The quantitative estimate of drug-likeness (QED) is 0.478. The number of carbonyl (C=O) groups excluding carboxylic acids is 2. The molecule has 0 saturated heterocycles. The van der Waals surface area contributed by atoms with Crippen LogP contribution in [0.3, 0.4) is 0 Å². The molecule has 0 spiro atoms. The van der Waals surface area contributed by atoms with Crippen LogP contribution in [0.2, 0.25) is 0 Å². The second kappa shape index (κ2) is 8.91. The predicted octanol–water partition coefficient (Wildman–Crippen LogP) is 3.67. The van der Waals surface area contributed by atoms with Crippen molar-refractivity contribution < 1.29 is 9.59 Å². The fourth-order valence-electron chi connectivity index (χ4n) is 2.85. The highest BCUT2D eigenvalue weighted by molar-refractivity contribution is 7.99. The summed E-state index contributed by atoms with van der Waals surface area (Å²) in [5, 5.41) is 6.56. The average Bonchev–Trinajstić information content (AvgIpc) is 2.67. The number of carbonyl (C=O) groups is 2. The minimum Gasteiger partial charge on any atom is -0.326 e. The van der Waals surface area contributed by atoms with Crippen LogP contribution in [-0.4, -0.2) is 27.1 Å². The van der Waals surface area contributed by atoms with Crippen molar-refractivity contribution in [1.82, 2.24) is 9.55 Å². The van der Waals surface area contributed by atoms with E-state index in [1.807, 2.05) is 26.0 Å². The molecule has 3 aromatic rings. The topological polar surface area (TPSA) is 93.1 Å². The molecule has 0 bridgehead atoms. The van der Waals surface area contributed by atoms with Crippen LogP contribution in [-0.2, 0) is 9.59 Å². The largest absolute Gasteiger partial charge is 0.326 e. The molecule has 0 saturated carbocycles. The number of fused-ring (bicyclic) bond motifs is 1. The first-order chi connectivity index (χ1) is 13.8. The smallest absolute Gasteiger partial charge is 0.262 e. The SMILES string of the molecule is CC(=O)Nc1ccc(NC(=O)CSc2nc3ccccc3c(=O)n2C(C)C)cc1. The Bertz CT molecular complexity index is 1110. The first-order valence-electron chi connectivity index (χ1n) is 9.16. The van der Waals surface area contributed by atoms with Gasteiger partial charge in [-0.25, -0.2) is 4.98 Å². The summed E-state index contributed by atoms with van der Waals surface area (Å²) in [6.07, 6.45) is 0. The standard InChI is InChI=1S/C21H22N4O3S/c1-13(2)25-20(28)17-6-4-5-7-18(17)24-21(25)29-12-19(27)23-16-10-8-15(9-11-16)22-14(3)26/h4-11,13H,12H2,1-3H3,(H,22,26)(H,23,27). The van der Waals surface area contributed by atoms with E-state index in [0.717, 1.165) is 0 Å². The van der Waals surface area contributed by atoms with Gasteiger partial charge in [0.05, 0.1) is 16.7 Å². The van der Waals surface area contributed by atoms with Crippen molar-refractivity contribution in [2.24, 2.45) is 0 Å². The van der Waals surface area contributed by atoms with Crippen molar-refractivity contribution in [3.8, 4) is 0 Å². The van der Waals surface area contributed by atoms with Gasteiger partial charge in [-0.1, -0.05) is 23.9 Å². The van der Waals surface area contributed by atoms with Crippen LogP contribution in [0, 0.1) is 0 Å². The highest BCUT2D eigenvalue weighted by atomic mass is 32.2. The van der Waals surface area contributed by atoms with E-state index < -0.39 is 0 Å². The van der Waals surface area contributed by atoms with Gasteiger partial charge in [-0.15, -0.1) is 0 Å². The predicted molar refractivity (Wildman–Crippen MR) is 116 cm³/mol. The van der Waals surface area contributed by atoms with Gasteiger partial charge >= 0.3 is 0 Å². The molecule has 7 nitrogen and oxygen atoms in total. The van der Waals surface area contributed by atoms with Gasteiger partial charge in [0.1, 0.15) is 0 Å². The lowest BCUT2D eigenvalue weighted by Gasteiger charge is -2.16. The normalized spacial score (nSPS) is 10.9. The van der Waals surface area contributed by atoms with E-state index in [9.17, 15) is 14.4 Å². The van der Waals surface area contributed by atoms with Crippen molar-refractivity contribution in [2.45, 2.75) is 32.0 Å². The molecule has 2 amide bonds. The van der Waals surface area contributed by atoms with Crippen LogP contribution in [0.15, 0.2) is 58.5 Å². The minimum atomic E-state index is -0.208. The van der Waals surface area contributed by atoms with Crippen LogP contribution in [0.5, 0.6) is 0 Å². The summed E-state index contributed by atoms with van der Waals surface area (Å²) in [5.41, 5.74) is 1.79. The molecule has 0 radical (unpaired) electrons. The molecular formula is C21H22N4O3S. The summed E-state index contributed by atoms with van der Waals surface area (Å²) >= 11 is 1.23. The molecular weight excluding hydrogens is 388 g/mol. The summed E-state index contributed by atoms with van der Waals surface area (Å²) in [6.45, 7) is 5.27. The first-order valence-corrected chi connectivity index (χ1v) is 10.2. The monoisotopic (exact) mass is 410 g/mol. The molecule has 0 aliphatic carbocycles. The molecule has 150 valence electrons. The van der Waals surface area contributed by atoms with E-state index in [1.54, 1.807) is 41.0 Å². The van der Waals surface area contributed by atoms with E-state index in [1.165, 1.54) is 18.7 Å². The summed E-state index contributed by atoms with van der Waals surface area (Å²) in [5.74, 6) is -0.248. The molecule has 0 aliphatic heterocycles. The van der Waals surface area contributed by atoms with Crippen molar-refractivity contribution in [3.63, 3.8) is 0 Å². The number of thioether (sulfide) groups is 1. The van der Waals surface area contributed by atoms with Gasteiger partial charge in [-0.3, -0.25) is 19.0 Å². The van der Waals surface area contributed by atoms with Crippen LogP contribution < -0.4 is 16.2 Å². The Balaban J connectivity index is 1.73. The van der Waals surface area contributed by atoms with Crippen LogP contribution >= 0.6 is 11.8 Å². The molecule has 2 N–H and O–H groups in total. The van der Waals surface area contributed by atoms with Gasteiger partial charge in [-0.05, 0) is 50.2 Å². The second-order valence-electron chi connectivity index (χ2n) is 6.78. The zero-order valence-corrected chi connectivity index (χ0v) is 17.2. The van der Waals surface area contributed by atoms with E-state index in [-0.39, 0.29) is 29.2 Å². The molecule has 0 atom stereocenters. The molecule has 0 unspecified atom stereocenters. The Morgan fingerprint density at radius 1 is 1.03 bits per heavy atom. The zero-order valence-electron chi connectivity index (χ0n) is 16.4. The van der Waals surface area contributed by atoms with Crippen molar-refractivity contribution in [3.05, 3.63) is 58.9 Å². The Labute approximate surface area is 172 Å². The molecule has 1 heterocycles. The third-order valence-electron chi connectivity index (χ3n) is 4.11. The molecule has 3 rings (SSSR count). The summed E-state index contributed by atoms with van der Waals surface area (Å²) in [7, 11) is 0. The molecule has 1 aromatic heterocycles. The minimum absolute atomic E-state index is 0.0773. The first kappa shape index (κ1) is 20.6. The summed E-state index contributed by atoms with van der Waals surface area (Å²) < 4.78 is 1.61. The van der Waals surface area contributed by atoms with E-state index in [2.05, 4.69) is 15.6 Å². The lowest BCUT2D eigenvalue weighted by molar-refractivity contribution is -0.114. The number of amides is 2. The van der Waals surface area contributed by atoms with Crippen LogP contribution in [0.4, 0.5) is 11.4 Å². The van der Waals surface area contributed by atoms with E-state index in [0.29, 0.717) is 27.4 Å². The number of nitrogens with zero attached hydrogens (tertiary/aromatic N) is 2. The molecule has 2 aromatic carbocycles. The third kappa shape index (κ3) is 5.03. The fourth-order valence-corrected chi connectivity index (χ4v) is 3.78. The Kier molecular flexibility index (Phi) is 6.33. The van der Waals surface area contributed by atoms with Gasteiger partial charge in [0.2, 0.25) is 11.8 Å². The molecule has 0 fully saturated rings. The Morgan fingerprint density at radius 2 is 1.66 bits per heavy atom. The van der Waals surface area contributed by atoms with Gasteiger partial charge < -0.3 is 10.6 Å². The second-order valence-corrected chi connectivity index (χ2v) is 7.72. The van der Waals surface area contributed by atoms with Crippen molar-refractivity contribution >= 4 is 45.9 Å². The molecule has 0 aliphatic rings. The fraction of sp³-hybridized carbons (Fsp3) is 0.238. The van der Waals surface area contributed by atoms with E-state index in [4.69, 9.17) is 0 Å². The lowest BCUT2D eigenvalue weighted by Crippen LogP contribution is -2.25. The lowest BCUT2D eigenvalue weighted by atomic mass is 10.2. The zero-order chi connectivity index (χ0) is 21.0. The molecule has 8 heteroatoms. The number of hydrogen-bond acceptors (Lipinski definition) is 5. The summed E-state index contributed by atoms with van der Waals surface area (Å²) in [4.78, 5) is 40.8. The summed E-state index contributed by atoms with van der Waals surface area (Å²) in [6, 6.07) is 14.0. The van der Waals surface area contributed by atoms with Crippen LogP contribution in [0.1, 0.15) is 26.8 Å². The highest BCUT2D eigenvalue weighted by Gasteiger charge is 2.15. The van der Waals surface area contributed by atoms with Crippen molar-refractivity contribution in [1.29, 1.82) is 0 Å². The Hall–Kier alpha value is -3.13. The number of anilines is 2.